The molecule has 3 unspecified atom stereocenters. The Morgan fingerprint density at radius 2 is 1.97 bits per heavy atom. The van der Waals surface area contributed by atoms with Crippen LogP contribution < -0.4 is 14.8 Å². The molecule has 2 saturated heterocycles. The molecule has 194 valence electrons. The number of β-amino-alcohol motifs (C(OH)–C–C–N with tert-alkyl or cyclic N) is 1. The van der Waals surface area contributed by atoms with Gasteiger partial charge in [-0.15, -0.1) is 0 Å². The first-order valence-corrected chi connectivity index (χ1v) is 12.7. The monoisotopic (exact) mass is 515 g/mol. The Kier molecular flexibility index (Phi) is 7.65. The molecule has 0 spiro atoms. The minimum absolute atomic E-state index is 0.140. The second kappa shape index (κ2) is 10.6. The summed E-state index contributed by atoms with van der Waals surface area (Å²) in [5.41, 5.74) is 0.902. The number of nitrogens with one attached hydrogen (secondary N) is 3. The molecule has 3 atom stereocenters. The molecule has 2 fully saturated rings. The summed E-state index contributed by atoms with van der Waals surface area (Å²) in [4.78, 5) is 19.2. The number of benzene rings is 2. The number of aromatic hydroxyl groups is 3. The number of phenols is 3. The van der Waals surface area contributed by atoms with Crippen LogP contribution in [0.25, 0.3) is 0 Å². The van der Waals surface area contributed by atoms with Gasteiger partial charge >= 0.3 is 0 Å². The number of aliphatic imine (C=N–C) groups is 1. The van der Waals surface area contributed by atoms with E-state index in [0.717, 1.165) is 5.56 Å². The average Bonchev–Trinajstić information content (AvgIpc) is 3.26. The van der Waals surface area contributed by atoms with Crippen molar-refractivity contribution >= 4 is 29.6 Å². The number of phenolic OH excluding ortho intramolecular Hbond substituents is 3. The van der Waals surface area contributed by atoms with E-state index in [-0.39, 0.29) is 52.4 Å². The second-order valence-electron chi connectivity index (χ2n) is 10.2. The van der Waals surface area contributed by atoms with Crippen molar-refractivity contribution in [2.45, 2.75) is 51.9 Å². The van der Waals surface area contributed by atoms with Crippen LogP contribution in [0.3, 0.4) is 0 Å². The molecule has 2 aromatic carbocycles. The molecule has 0 aromatic heterocycles. The lowest BCUT2D eigenvalue weighted by Crippen LogP contribution is -2.47. The van der Waals surface area contributed by atoms with Crippen LogP contribution in [0.15, 0.2) is 41.4 Å². The van der Waals surface area contributed by atoms with E-state index in [9.17, 15) is 25.2 Å². The van der Waals surface area contributed by atoms with Crippen LogP contribution in [0, 0.1) is 5.41 Å². The minimum atomic E-state index is -0.558. The summed E-state index contributed by atoms with van der Waals surface area (Å²) in [7, 11) is 0. The van der Waals surface area contributed by atoms with Gasteiger partial charge < -0.3 is 30.0 Å². The van der Waals surface area contributed by atoms with Gasteiger partial charge in [0.15, 0.2) is 17.2 Å². The molecule has 7 N–H and O–H groups in total. The molecular weight excluding hydrogens is 482 g/mol. The number of amidine groups is 1. The number of nitrogens with zero attached hydrogens (tertiary/aromatic N) is 2. The van der Waals surface area contributed by atoms with Crippen LogP contribution in [-0.4, -0.2) is 62.4 Å². The fraction of sp³-hybridized carbons (Fsp3) is 0.440. The molecule has 0 bridgehead atoms. The van der Waals surface area contributed by atoms with Crippen molar-refractivity contribution in [1.82, 2.24) is 19.7 Å². The Hall–Kier alpha value is -2.99. The molecule has 0 saturated carbocycles. The van der Waals surface area contributed by atoms with Crippen LogP contribution >= 0.6 is 12.1 Å². The number of piperidine rings is 1. The molecule has 2 heterocycles. The zero-order chi connectivity index (χ0) is 26.0. The molecule has 0 aliphatic carbocycles. The highest BCUT2D eigenvalue weighted by atomic mass is 32.2. The summed E-state index contributed by atoms with van der Waals surface area (Å²) in [6.45, 7) is 6.94. The highest BCUT2D eigenvalue weighted by Gasteiger charge is 2.33. The number of aliphatic hydroxyl groups excluding tert-OH is 1. The molecule has 36 heavy (non-hydrogen) atoms. The Morgan fingerprint density at radius 1 is 1.19 bits per heavy atom. The number of hydrogen-bond donors (Lipinski definition) is 7. The summed E-state index contributed by atoms with van der Waals surface area (Å²) in [6, 6.07) is 9.36. The van der Waals surface area contributed by atoms with Crippen LogP contribution in [-0.2, 0) is 0 Å². The van der Waals surface area contributed by atoms with Gasteiger partial charge in [-0.1, -0.05) is 32.9 Å². The topological polar surface area (TPSA) is 150 Å². The van der Waals surface area contributed by atoms with Gasteiger partial charge in [0, 0.05) is 31.3 Å². The van der Waals surface area contributed by atoms with Crippen molar-refractivity contribution in [2.75, 3.05) is 13.1 Å². The fourth-order valence-corrected chi connectivity index (χ4v) is 5.05. The summed E-state index contributed by atoms with van der Waals surface area (Å²) in [6.07, 6.45) is 0.375. The summed E-state index contributed by atoms with van der Waals surface area (Å²) >= 11 is 1.23. The maximum atomic E-state index is 13.0. The Bertz CT molecular complexity index is 1150. The lowest BCUT2D eigenvalue weighted by molar-refractivity contribution is 0.0471. The van der Waals surface area contributed by atoms with E-state index in [1.807, 2.05) is 0 Å². The van der Waals surface area contributed by atoms with Gasteiger partial charge in [0.1, 0.15) is 17.7 Å². The van der Waals surface area contributed by atoms with Crippen LogP contribution in [0.1, 0.15) is 55.6 Å². The number of aliphatic hydroxyl groups is 1. The Balaban J connectivity index is 1.59. The van der Waals surface area contributed by atoms with Gasteiger partial charge in [0.05, 0.1) is 11.7 Å². The lowest BCUT2D eigenvalue weighted by atomic mass is 9.82. The molecule has 2 aliphatic heterocycles. The third-order valence-electron chi connectivity index (χ3n) is 6.31. The summed E-state index contributed by atoms with van der Waals surface area (Å²) in [5, 5.41) is 44.1. The molecule has 2 aliphatic rings. The molecule has 2 aromatic rings. The van der Waals surface area contributed by atoms with E-state index in [4.69, 9.17) is 0 Å². The third-order valence-corrected chi connectivity index (χ3v) is 6.97. The number of amides is 1. The van der Waals surface area contributed by atoms with E-state index < -0.39 is 12.3 Å². The summed E-state index contributed by atoms with van der Waals surface area (Å²) < 4.78 is 6.30. The molecule has 4 rings (SSSR count). The van der Waals surface area contributed by atoms with Gasteiger partial charge in [-0.05, 0) is 48.1 Å². The molecule has 11 heteroatoms. The highest BCUT2D eigenvalue weighted by molar-refractivity contribution is 7.96. The normalized spacial score (nSPS) is 22.4. The van der Waals surface area contributed by atoms with Crippen LogP contribution in [0.4, 0.5) is 5.69 Å². The SMILES string of the molecule is CC(C)(C)C(NC1NSNC1=Nc1cccc(C(=O)N2CCCC(O)C2)c1O)c1ccc(O)c(O)c1. The lowest BCUT2D eigenvalue weighted by Gasteiger charge is -2.34. The first-order valence-electron chi connectivity index (χ1n) is 11.9. The molecular formula is C25H33N5O5S. The number of rotatable bonds is 5. The zero-order valence-electron chi connectivity index (χ0n) is 20.5. The number of carbonyl (C=O) groups excluding carboxylic acids is 1. The van der Waals surface area contributed by atoms with Crippen molar-refractivity contribution in [3.05, 3.63) is 47.5 Å². The van der Waals surface area contributed by atoms with Crippen LogP contribution in [0.5, 0.6) is 17.2 Å². The molecule has 10 nitrogen and oxygen atoms in total. The minimum Gasteiger partial charge on any atom is -0.505 e. The van der Waals surface area contributed by atoms with Gasteiger partial charge in [0.25, 0.3) is 5.91 Å². The van der Waals surface area contributed by atoms with Gasteiger partial charge in [-0.3, -0.25) is 10.1 Å². The van der Waals surface area contributed by atoms with Crippen molar-refractivity contribution in [3.8, 4) is 17.2 Å². The summed E-state index contributed by atoms with van der Waals surface area (Å²) in [5.74, 6) is -0.436. The highest BCUT2D eigenvalue weighted by Crippen LogP contribution is 2.37. The van der Waals surface area contributed by atoms with Gasteiger partial charge in [-0.25, -0.2) is 9.71 Å². The predicted octanol–water partition coefficient (Wildman–Crippen LogP) is 2.89. The van der Waals surface area contributed by atoms with E-state index in [0.29, 0.717) is 25.2 Å². The predicted molar refractivity (Wildman–Crippen MR) is 139 cm³/mol. The van der Waals surface area contributed by atoms with Crippen LogP contribution in [0.2, 0.25) is 0 Å². The maximum absolute atomic E-state index is 13.0. The van der Waals surface area contributed by atoms with Crippen molar-refractivity contribution in [1.29, 1.82) is 0 Å². The van der Waals surface area contributed by atoms with E-state index in [2.05, 4.69) is 40.5 Å². The maximum Gasteiger partial charge on any atom is 0.257 e. The van der Waals surface area contributed by atoms with Gasteiger partial charge in [0.2, 0.25) is 0 Å². The standard InChI is InChI=1S/C25H33N5O5S/c1-25(2,3)21(14-9-10-18(32)19(33)12-14)27-23-22(28-36-29-23)26-17-8-4-7-16(20(17)34)24(35)30-11-5-6-15(31)13-30/h4,7-10,12,15,21,23,27,29,31-34H,5-6,11,13H2,1-3H3,(H,26,28). The Labute approximate surface area is 214 Å². The first kappa shape index (κ1) is 26.1. The van der Waals surface area contributed by atoms with E-state index in [1.165, 1.54) is 24.3 Å². The zero-order valence-corrected chi connectivity index (χ0v) is 21.3. The third kappa shape index (κ3) is 5.70. The number of likely N-dealkylation sites (tertiary alicyclic amines) is 1. The first-order chi connectivity index (χ1) is 17.0. The number of carbonyl (C=O) groups is 1. The van der Waals surface area contributed by atoms with Crippen molar-refractivity contribution < 1.29 is 25.2 Å². The number of para-hydroxylation sites is 1. The smallest absolute Gasteiger partial charge is 0.257 e. The average molecular weight is 516 g/mol. The van der Waals surface area contributed by atoms with Crippen molar-refractivity contribution in [3.63, 3.8) is 0 Å². The number of hydrogen-bond acceptors (Lipinski definition) is 9. The molecule has 1 amide bonds. The van der Waals surface area contributed by atoms with Gasteiger partial charge in [-0.2, -0.15) is 0 Å². The van der Waals surface area contributed by atoms with Crippen molar-refractivity contribution in [2.24, 2.45) is 10.4 Å². The second-order valence-corrected chi connectivity index (χ2v) is 10.8. The fourth-order valence-electron chi connectivity index (χ4n) is 4.42. The quantitative estimate of drug-likeness (QED) is 0.236. The molecule has 0 radical (unpaired) electrons. The van der Waals surface area contributed by atoms with E-state index >= 15 is 0 Å². The van der Waals surface area contributed by atoms with E-state index in [1.54, 1.807) is 29.2 Å². The Morgan fingerprint density at radius 3 is 2.67 bits per heavy atom. The largest absolute Gasteiger partial charge is 0.505 e.